The van der Waals surface area contributed by atoms with Gasteiger partial charge in [0, 0.05) is 0 Å². The van der Waals surface area contributed by atoms with Crippen LogP contribution in [0.2, 0.25) is 0 Å². The topological polar surface area (TPSA) is 43.4 Å². The Labute approximate surface area is 77.8 Å². The number of hydrogen-bond acceptors (Lipinski definition) is 3. The fraction of sp³-hybridized carbons (Fsp3) is 0.600. The van der Waals surface area contributed by atoms with Gasteiger partial charge in [0.25, 0.3) is 0 Å². The Morgan fingerprint density at radius 1 is 1.62 bits per heavy atom. The maximum absolute atomic E-state index is 11.4. The number of allylic oxidation sites excluding steroid dienone is 1. The Morgan fingerprint density at radius 3 is 2.85 bits per heavy atom. The Kier molecular flexibility index (Phi) is 2.86. The van der Waals surface area contributed by atoms with Gasteiger partial charge in [0.15, 0.2) is 0 Å². The summed E-state index contributed by atoms with van der Waals surface area (Å²) in [7, 11) is 1.38. The molecule has 1 atom stereocenters. The zero-order chi connectivity index (χ0) is 9.90. The first-order chi connectivity index (χ1) is 6.15. The van der Waals surface area contributed by atoms with Gasteiger partial charge in [-0.25, -0.2) is 0 Å². The van der Waals surface area contributed by atoms with E-state index < -0.39 is 5.41 Å². The zero-order valence-corrected chi connectivity index (χ0v) is 8.00. The normalized spacial score (nSPS) is 30.5. The van der Waals surface area contributed by atoms with Gasteiger partial charge in [-0.05, 0) is 32.3 Å². The highest BCUT2D eigenvalue weighted by molar-refractivity contribution is 5.82. The van der Waals surface area contributed by atoms with E-state index in [1.54, 1.807) is 0 Å². The van der Waals surface area contributed by atoms with Crippen LogP contribution in [-0.2, 0) is 14.3 Å². The average Bonchev–Trinajstić information content (AvgIpc) is 2.49. The van der Waals surface area contributed by atoms with Gasteiger partial charge in [0.2, 0.25) is 0 Å². The lowest BCUT2D eigenvalue weighted by atomic mass is 9.84. The minimum Gasteiger partial charge on any atom is -0.468 e. The van der Waals surface area contributed by atoms with Crippen LogP contribution in [0.1, 0.15) is 26.2 Å². The molecule has 13 heavy (non-hydrogen) atoms. The van der Waals surface area contributed by atoms with E-state index in [9.17, 15) is 9.59 Å². The molecule has 1 saturated carbocycles. The number of hydrogen-bond donors (Lipinski definition) is 0. The molecule has 3 nitrogen and oxygen atoms in total. The highest BCUT2D eigenvalue weighted by Crippen LogP contribution is 2.43. The van der Waals surface area contributed by atoms with E-state index in [0.717, 1.165) is 31.1 Å². The van der Waals surface area contributed by atoms with Crippen molar-refractivity contribution in [3.63, 3.8) is 0 Å². The molecule has 0 amide bonds. The molecule has 0 aliphatic heterocycles. The highest BCUT2D eigenvalue weighted by Gasteiger charge is 2.41. The summed E-state index contributed by atoms with van der Waals surface area (Å²) in [6, 6.07) is 0. The summed E-state index contributed by atoms with van der Waals surface area (Å²) in [5.74, 6) is -0.238. The molecule has 0 aromatic heterocycles. The molecule has 1 rings (SSSR count). The van der Waals surface area contributed by atoms with Gasteiger partial charge < -0.3 is 4.74 Å². The van der Waals surface area contributed by atoms with Gasteiger partial charge >= 0.3 is 5.97 Å². The Bertz CT molecular complexity index is 255. The Balaban J connectivity index is 2.94. The Hall–Kier alpha value is -1.12. The fourth-order valence-corrected chi connectivity index (χ4v) is 1.88. The third kappa shape index (κ3) is 1.64. The first kappa shape index (κ1) is 9.96. The van der Waals surface area contributed by atoms with E-state index in [4.69, 9.17) is 4.74 Å². The molecule has 0 heterocycles. The standard InChI is InChI=1S/C10H14O3/c1-10(9(12)13-2)6-3-4-8(10)5-7-11/h5,7H,3-4,6H2,1-2H3/b8-5+. The largest absolute Gasteiger partial charge is 0.468 e. The molecule has 3 heteroatoms. The maximum atomic E-state index is 11.4. The summed E-state index contributed by atoms with van der Waals surface area (Å²) in [6.45, 7) is 1.83. The van der Waals surface area contributed by atoms with Crippen LogP contribution in [0.4, 0.5) is 0 Å². The predicted molar refractivity (Wildman–Crippen MR) is 48.1 cm³/mol. The van der Waals surface area contributed by atoms with E-state index in [2.05, 4.69) is 0 Å². The molecule has 0 aromatic carbocycles. The summed E-state index contributed by atoms with van der Waals surface area (Å²) in [5, 5.41) is 0. The maximum Gasteiger partial charge on any atom is 0.315 e. The second-order valence-electron chi connectivity index (χ2n) is 3.51. The van der Waals surface area contributed by atoms with E-state index in [1.807, 2.05) is 6.92 Å². The van der Waals surface area contributed by atoms with Crippen molar-refractivity contribution in [2.75, 3.05) is 7.11 Å². The highest BCUT2D eigenvalue weighted by atomic mass is 16.5. The average molecular weight is 182 g/mol. The third-order valence-corrected chi connectivity index (χ3v) is 2.74. The van der Waals surface area contributed by atoms with Crippen LogP contribution in [0.15, 0.2) is 11.6 Å². The molecule has 0 radical (unpaired) electrons. The number of aldehydes is 1. The van der Waals surface area contributed by atoms with Gasteiger partial charge in [-0.1, -0.05) is 5.57 Å². The number of esters is 1. The van der Waals surface area contributed by atoms with Gasteiger partial charge in [-0.2, -0.15) is 0 Å². The molecule has 0 N–H and O–H groups in total. The number of carbonyl (C=O) groups excluding carboxylic acids is 2. The van der Waals surface area contributed by atoms with Gasteiger partial charge in [-0.3, -0.25) is 9.59 Å². The van der Waals surface area contributed by atoms with Crippen LogP contribution in [0.3, 0.4) is 0 Å². The van der Waals surface area contributed by atoms with Gasteiger partial charge in [-0.15, -0.1) is 0 Å². The van der Waals surface area contributed by atoms with Gasteiger partial charge in [0.1, 0.15) is 6.29 Å². The number of carbonyl (C=O) groups is 2. The van der Waals surface area contributed by atoms with Crippen LogP contribution >= 0.6 is 0 Å². The lowest BCUT2D eigenvalue weighted by Gasteiger charge is -2.21. The molecule has 1 aliphatic rings. The molecule has 1 unspecified atom stereocenters. The molecule has 1 aliphatic carbocycles. The SMILES string of the molecule is COC(=O)C1(C)CCC/C1=C\C=O. The molecule has 1 fully saturated rings. The third-order valence-electron chi connectivity index (χ3n) is 2.74. The van der Waals surface area contributed by atoms with E-state index >= 15 is 0 Å². The second-order valence-corrected chi connectivity index (χ2v) is 3.51. The van der Waals surface area contributed by atoms with Crippen molar-refractivity contribution in [2.24, 2.45) is 5.41 Å². The van der Waals surface area contributed by atoms with Gasteiger partial charge in [0.05, 0.1) is 12.5 Å². The molecular formula is C10H14O3. The molecule has 0 bridgehead atoms. The van der Waals surface area contributed by atoms with Crippen molar-refractivity contribution in [1.82, 2.24) is 0 Å². The lowest BCUT2D eigenvalue weighted by Crippen LogP contribution is -2.27. The molecule has 72 valence electrons. The van der Waals surface area contributed by atoms with Crippen LogP contribution in [0.5, 0.6) is 0 Å². The zero-order valence-electron chi connectivity index (χ0n) is 8.00. The first-order valence-electron chi connectivity index (χ1n) is 4.38. The summed E-state index contributed by atoms with van der Waals surface area (Å²) >= 11 is 0. The van der Waals surface area contributed by atoms with Crippen LogP contribution in [0.25, 0.3) is 0 Å². The monoisotopic (exact) mass is 182 g/mol. The van der Waals surface area contributed by atoms with Crippen LogP contribution in [0, 0.1) is 5.41 Å². The van der Waals surface area contributed by atoms with E-state index in [1.165, 1.54) is 13.2 Å². The summed E-state index contributed by atoms with van der Waals surface area (Å²) in [6.07, 6.45) is 4.78. The van der Waals surface area contributed by atoms with Crippen LogP contribution < -0.4 is 0 Å². The molecule has 0 spiro atoms. The molecule has 0 aromatic rings. The van der Waals surface area contributed by atoms with E-state index in [0.29, 0.717) is 0 Å². The quantitative estimate of drug-likeness (QED) is 0.369. The molecule has 0 saturated heterocycles. The first-order valence-corrected chi connectivity index (χ1v) is 4.38. The lowest BCUT2D eigenvalue weighted by molar-refractivity contribution is -0.149. The summed E-state index contributed by atoms with van der Waals surface area (Å²) < 4.78 is 4.72. The van der Waals surface area contributed by atoms with E-state index in [-0.39, 0.29) is 5.97 Å². The van der Waals surface area contributed by atoms with Crippen molar-refractivity contribution in [2.45, 2.75) is 26.2 Å². The smallest absolute Gasteiger partial charge is 0.315 e. The van der Waals surface area contributed by atoms with Crippen molar-refractivity contribution in [3.05, 3.63) is 11.6 Å². The van der Waals surface area contributed by atoms with Crippen molar-refractivity contribution in [3.8, 4) is 0 Å². The summed E-state index contributed by atoms with van der Waals surface area (Å²) in [4.78, 5) is 21.8. The number of ether oxygens (including phenoxy) is 1. The number of rotatable bonds is 2. The van der Waals surface area contributed by atoms with Crippen molar-refractivity contribution in [1.29, 1.82) is 0 Å². The minimum atomic E-state index is -0.560. The second kappa shape index (κ2) is 3.73. The van der Waals surface area contributed by atoms with Crippen LogP contribution in [-0.4, -0.2) is 19.4 Å². The summed E-state index contributed by atoms with van der Waals surface area (Å²) in [5.41, 5.74) is 0.338. The predicted octanol–water partition coefficient (Wildman–Crippen LogP) is 1.47. The Morgan fingerprint density at radius 2 is 2.31 bits per heavy atom. The number of methoxy groups -OCH3 is 1. The van der Waals surface area contributed by atoms with Crippen molar-refractivity contribution >= 4 is 12.3 Å². The fourth-order valence-electron chi connectivity index (χ4n) is 1.88. The minimum absolute atomic E-state index is 0.238. The van der Waals surface area contributed by atoms with Crippen molar-refractivity contribution < 1.29 is 14.3 Å². The molecular weight excluding hydrogens is 168 g/mol.